The Morgan fingerprint density at radius 2 is 1.88 bits per heavy atom. The van der Waals surface area contributed by atoms with E-state index in [-0.39, 0.29) is 0 Å². The standard InChI is InChI=1S/C14H12BrN/c15-8-3-1-7(2-4-8)12-9-5-10-13(14(10)12)11(9)6-16/h1-4,9-14H,5H2/t9-,10+,11-,12+,13+,14+/m1/s1. The topological polar surface area (TPSA) is 23.8 Å². The van der Waals surface area contributed by atoms with E-state index in [0.29, 0.717) is 17.8 Å². The molecule has 2 heteroatoms. The predicted molar refractivity (Wildman–Crippen MR) is 64.6 cm³/mol. The summed E-state index contributed by atoms with van der Waals surface area (Å²) in [6.45, 7) is 0. The van der Waals surface area contributed by atoms with Gasteiger partial charge in [-0.3, -0.25) is 0 Å². The highest BCUT2D eigenvalue weighted by molar-refractivity contribution is 9.10. The Hall–Kier alpha value is -0.810. The van der Waals surface area contributed by atoms with Crippen LogP contribution in [0.25, 0.3) is 0 Å². The van der Waals surface area contributed by atoms with E-state index in [1.165, 1.54) is 12.0 Å². The molecule has 0 spiro atoms. The van der Waals surface area contributed by atoms with Crippen molar-refractivity contribution >= 4 is 15.9 Å². The number of nitriles is 1. The summed E-state index contributed by atoms with van der Waals surface area (Å²) in [5, 5.41) is 9.21. The van der Waals surface area contributed by atoms with Gasteiger partial charge in [0.1, 0.15) is 0 Å². The second-order valence-electron chi connectivity index (χ2n) is 5.45. The number of hydrogen-bond donors (Lipinski definition) is 0. The van der Waals surface area contributed by atoms with Gasteiger partial charge in [-0.1, -0.05) is 28.1 Å². The Morgan fingerprint density at radius 1 is 1.12 bits per heavy atom. The van der Waals surface area contributed by atoms with Crippen molar-refractivity contribution in [3.63, 3.8) is 0 Å². The quantitative estimate of drug-likeness (QED) is 0.768. The van der Waals surface area contributed by atoms with Crippen molar-refractivity contribution < 1.29 is 0 Å². The number of halogens is 1. The third kappa shape index (κ3) is 0.960. The monoisotopic (exact) mass is 273 g/mol. The summed E-state index contributed by atoms with van der Waals surface area (Å²) in [5.41, 5.74) is 1.46. The van der Waals surface area contributed by atoms with E-state index in [1.54, 1.807) is 0 Å². The highest BCUT2D eigenvalue weighted by Gasteiger charge is 2.73. The number of nitrogens with zero attached hydrogens (tertiary/aromatic N) is 1. The average Bonchev–Trinajstić information content (AvgIpc) is 2.67. The van der Waals surface area contributed by atoms with E-state index < -0.39 is 0 Å². The van der Waals surface area contributed by atoms with Crippen LogP contribution in [-0.4, -0.2) is 0 Å². The van der Waals surface area contributed by atoms with Crippen LogP contribution in [-0.2, 0) is 0 Å². The van der Waals surface area contributed by atoms with Gasteiger partial charge in [0.2, 0.25) is 0 Å². The highest BCUT2D eigenvalue weighted by Crippen LogP contribution is 2.78. The maximum Gasteiger partial charge on any atom is 0.0662 e. The van der Waals surface area contributed by atoms with Crippen molar-refractivity contribution in [1.82, 2.24) is 0 Å². The van der Waals surface area contributed by atoms with Crippen molar-refractivity contribution in [2.75, 3.05) is 0 Å². The van der Waals surface area contributed by atoms with E-state index in [2.05, 4.69) is 46.3 Å². The minimum atomic E-state index is 0.364. The molecule has 4 aliphatic carbocycles. The van der Waals surface area contributed by atoms with Crippen LogP contribution in [0.5, 0.6) is 0 Å². The Balaban J connectivity index is 1.72. The number of hydrogen-bond acceptors (Lipinski definition) is 1. The van der Waals surface area contributed by atoms with Crippen LogP contribution in [0.3, 0.4) is 0 Å². The molecule has 80 valence electrons. The molecule has 5 rings (SSSR count). The summed E-state index contributed by atoms with van der Waals surface area (Å²) in [6, 6.07) is 11.3. The minimum absolute atomic E-state index is 0.364. The first kappa shape index (κ1) is 9.24. The summed E-state index contributed by atoms with van der Waals surface area (Å²) in [4.78, 5) is 0. The zero-order valence-electron chi connectivity index (χ0n) is 8.81. The summed E-state index contributed by atoms with van der Waals surface area (Å²) >= 11 is 3.48. The van der Waals surface area contributed by atoms with Gasteiger partial charge in [-0.25, -0.2) is 0 Å². The largest absolute Gasteiger partial charge is 0.198 e. The van der Waals surface area contributed by atoms with Gasteiger partial charge in [0.15, 0.2) is 0 Å². The van der Waals surface area contributed by atoms with Crippen molar-refractivity contribution in [3.8, 4) is 6.07 Å². The third-order valence-electron chi connectivity index (χ3n) is 4.99. The molecule has 4 aliphatic rings. The van der Waals surface area contributed by atoms with E-state index >= 15 is 0 Å². The van der Waals surface area contributed by atoms with Crippen LogP contribution in [0.1, 0.15) is 17.9 Å². The molecule has 4 bridgehead atoms. The zero-order valence-corrected chi connectivity index (χ0v) is 10.4. The lowest BCUT2D eigenvalue weighted by molar-refractivity contribution is 0.464. The second-order valence-corrected chi connectivity index (χ2v) is 6.37. The molecule has 0 unspecified atom stereocenters. The van der Waals surface area contributed by atoms with Crippen LogP contribution in [0.15, 0.2) is 28.7 Å². The van der Waals surface area contributed by atoms with Crippen molar-refractivity contribution in [3.05, 3.63) is 34.3 Å². The average molecular weight is 274 g/mol. The lowest BCUT2D eigenvalue weighted by atomic mass is 9.87. The van der Waals surface area contributed by atoms with Crippen LogP contribution in [0.2, 0.25) is 0 Å². The molecule has 0 saturated heterocycles. The Kier molecular flexibility index (Phi) is 1.67. The van der Waals surface area contributed by atoms with Gasteiger partial charge in [-0.2, -0.15) is 5.26 Å². The lowest BCUT2D eigenvalue weighted by Crippen LogP contribution is -2.09. The molecule has 0 aliphatic heterocycles. The van der Waals surface area contributed by atoms with Crippen LogP contribution in [0, 0.1) is 40.9 Å². The molecule has 1 nitrogen and oxygen atoms in total. The molecule has 0 amide bonds. The predicted octanol–water partition coefficient (Wildman–Crippen LogP) is 3.57. The molecule has 1 aromatic carbocycles. The van der Waals surface area contributed by atoms with Gasteiger partial charge < -0.3 is 0 Å². The maximum atomic E-state index is 9.21. The zero-order chi connectivity index (χ0) is 10.9. The first-order valence-corrected chi connectivity index (χ1v) is 6.75. The van der Waals surface area contributed by atoms with E-state index in [0.717, 1.165) is 22.2 Å². The SMILES string of the molecule is N#C[C@@H]1[C@H]2C[C@H]3[C@@H]1[C@@H]3[C@H]2c1ccc(Br)cc1. The summed E-state index contributed by atoms with van der Waals surface area (Å²) < 4.78 is 1.14. The normalized spacial score (nSPS) is 46.8. The molecule has 16 heavy (non-hydrogen) atoms. The number of benzene rings is 1. The van der Waals surface area contributed by atoms with E-state index in [1.807, 2.05) is 0 Å². The van der Waals surface area contributed by atoms with E-state index in [9.17, 15) is 5.26 Å². The van der Waals surface area contributed by atoms with E-state index in [4.69, 9.17) is 0 Å². The van der Waals surface area contributed by atoms with Crippen LogP contribution < -0.4 is 0 Å². The van der Waals surface area contributed by atoms with Crippen molar-refractivity contribution in [2.45, 2.75) is 12.3 Å². The molecule has 4 saturated carbocycles. The molecule has 6 atom stereocenters. The molecular weight excluding hydrogens is 262 g/mol. The van der Waals surface area contributed by atoms with Crippen LogP contribution in [0.4, 0.5) is 0 Å². The fourth-order valence-corrected chi connectivity index (χ4v) is 4.76. The van der Waals surface area contributed by atoms with Crippen molar-refractivity contribution in [2.24, 2.45) is 29.6 Å². The van der Waals surface area contributed by atoms with Gasteiger partial charge in [0.25, 0.3) is 0 Å². The van der Waals surface area contributed by atoms with Gasteiger partial charge in [-0.15, -0.1) is 0 Å². The van der Waals surface area contributed by atoms with Crippen molar-refractivity contribution in [1.29, 1.82) is 5.26 Å². The van der Waals surface area contributed by atoms with Gasteiger partial charge in [-0.05, 0) is 53.7 Å². The fraction of sp³-hybridized carbons (Fsp3) is 0.500. The number of rotatable bonds is 1. The smallest absolute Gasteiger partial charge is 0.0662 e. The summed E-state index contributed by atoms with van der Waals surface area (Å²) in [5.74, 6) is 4.20. The Morgan fingerprint density at radius 3 is 2.44 bits per heavy atom. The summed E-state index contributed by atoms with van der Waals surface area (Å²) in [7, 11) is 0. The third-order valence-corrected chi connectivity index (χ3v) is 5.52. The van der Waals surface area contributed by atoms with Gasteiger partial charge in [0.05, 0.1) is 12.0 Å². The maximum absolute atomic E-state index is 9.21. The summed E-state index contributed by atoms with van der Waals surface area (Å²) in [6.07, 6.45) is 1.31. The Bertz CT molecular complexity index is 486. The lowest BCUT2D eigenvalue weighted by Gasteiger charge is -2.16. The Labute approximate surface area is 104 Å². The fourth-order valence-electron chi connectivity index (χ4n) is 4.49. The molecule has 0 radical (unpaired) electrons. The molecule has 1 aromatic rings. The van der Waals surface area contributed by atoms with Gasteiger partial charge >= 0.3 is 0 Å². The molecule has 0 heterocycles. The minimum Gasteiger partial charge on any atom is -0.198 e. The first-order chi connectivity index (χ1) is 7.81. The molecular formula is C14H12BrN. The molecule has 4 fully saturated rings. The molecule has 0 aromatic heterocycles. The second kappa shape index (κ2) is 2.90. The van der Waals surface area contributed by atoms with Crippen LogP contribution >= 0.6 is 15.9 Å². The van der Waals surface area contributed by atoms with Gasteiger partial charge in [0, 0.05) is 4.47 Å². The molecule has 0 N–H and O–H groups in total. The first-order valence-electron chi connectivity index (χ1n) is 5.96. The highest BCUT2D eigenvalue weighted by atomic mass is 79.9.